The largest absolute Gasteiger partial charge is 0.348 e. The predicted octanol–water partition coefficient (Wildman–Crippen LogP) is 3.28. The van der Waals surface area contributed by atoms with Gasteiger partial charge in [0.15, 0.2) is 5.78 Å². The van der Waals surface area contributed by atoms with E-state index in [0.717, 1.165) is 34.2 Å². The van der Waals surface area contributed by atoms with Gasteiger partial charge in [-0.1, -0.05) is 55.2 Å². The first-order chi connectivity index (χ1) is 15.3. The fourth-order valence-corrected chi connectivity index (χ4v) is 4.57. The summed E-state index contributed by atoms with van der Waals surface area (Å²) in [6.45, 7) is 6.63. The molecule has 4 nitrogen and oxygen atoms in total. The van der Waals surface area contributed by atoms with E-state index < -0.39 is 0 Å². The molecule has 2 aliphatic rings. The second-order valence-electron chi connectivity index (χ2n) is 9.26. The summed E-state index contributed by atoms with van der Waals surface area (Å²) in [5, 5.41) is 3.03. The number of hydrogen-bond donors (Lipinski definition) is 1. The van der Waals surface area contributed by atoms with Crippen LogP contribution in [0.2, 0.25) is 0 Å². The fourth-order valence-electron chi connectivity index (χ4n) is 4.57. The number of rotatable bonds is 5. The minimum Gasteiger partial charge on any atom is -0.348 e. The molecule has 0 spiro atoms. The quantitative estimate of drug-likeness (QED) is 0.750. The van der Waals surface area contributed by atoms with Gasteiger partial charge in [0.25, 0.3) is 5.91 Å². The Labute approximate surface area is 190 Å². The number of amides is 1. The van der Waals surface area contributed by atoms with Crippen LogP contribution in [0.1, 0.15) is 54.2 Å². The van der Waals surface area contributed by atoms with Crippen LogP contribution in [0.15, 0.2) is 60.0 Å². The Hall–Kier alpha value is -3.21. The number of hydrogen-bond acceptors (Lipinski definition) is 3. The number of Topliss-reactive ketones (excluding diaryl/α,β-unsaturated/α-hetero) is 1. The summed E-state index contributed by atoms with van der Waals surface area (Å²) in [5.41, 5.74) is 7.45. The van der Waals surface area contributed by atoms with Crippen molar-refractivity contribution in [3.05, 3.63) is 82.2 Å². The first-order valence-corrected chi connectivity index (χ1v) is 11.3. The van der Waals surface area contributed by atoms with Gasteiger partial charge < -0.3 is 5.32 Å². The van der Waals surface area contributed by atoms with Crippen LogP contribution < -0.4 is 10.8 Å². The van der Waals surface area contributed by atoms with Gasteiger partial charge in [-0.2, -0.15) is 0 Å². The molecule has 0 aliphatic heterocycles. The van der Waals surface area contributed by atoms with Crippen LogP contribution >= 0.6 is 0 Å². The maximum atomic E-state index is 13.2. The predicted molar refractivity (Wildman–Crippen MR) is 133 cm³/mol. The van der Waals surface area contributed by atoms with Crippen LogP contribution in [-0.4, -0.2) is 31.1 Å². The number of ketones is 1. The number of carbonyl (C=O) groups excluding carboxylic acids is 2. The average Bonchev–Trinajstić information content (AvgIpc) is 2.77. The van der Waals surface area contributed by atoms with Crippen LogP contribution in [0, 0.1) is 11.8 Å². The number of fused-ring (bicyclic) bond motifs is 1. The molecule has 1 amide bonds. The number of nitrogens with zero attached hydrogens (tertiary/aromatic N) is 1. The van der Waals surface area contributed by atoms with E-state index in [2.05, 4.69) is 42.4 Å². The summed E-state index contributed by atoms with van der Waals surface area (Å²) in [4.78, 5) is 30.2. The zero-order chi connectivity index (χ0) is 22.8. The van der Waals surface area contributed by atoms with E-state index in [9.17, 15) is 9.59 Å². The zero-order valence-corrected chi connectivity index (χ0v) is 19.2. The third-order valence-corrected chi connectivity index (χ3v) is 6.39. The Morgan fingerprint density at radius 2 is 2.00 bits per heavy atom. The molecule has 1 aromatic heterocycles. The summed E-state index contributed by atoms with van der Waals surface area (Å²) in [7, 11) is 2.03. The molecule has 162 valence electrons. The lowest BCUT2D eigenvalue weighted by Crippen LogP contribution is -2.31. The smallest absolute Gasteiger partial charge is 0.252 e. The van der Waals surface area contributed by atoms with Crippen molar-refractivity contribution < 1.29 is 9.59 Å². The van der Waals surface area contributed by atoms with Gasteiger partial charge in [-0.05, 0) is 59.6 Å². The molecule has 32 heavy (non-hydrogen) atoms. The number of allylic oxidation sites excluding steroid dienone is 4. The van der Waals surface area contributed by atoms with Gasteiger partial charge in [0.1, 0.15) is 7.85 Å². The average molecular weight is 424 g/mol. The lowest BCUT2D eigenvalue weighted by Gasteiger charge is -2.25. The van der Waals surface area contributed by atoms with Gasteiger partial charge in [-0.3, -0.25) is 14.6 Å². The van der Waals surface area contributed by atoms with Crippen LogP contribution in [0.25, 0.3) is 11.6 Å². The lowest BCUT2D eigenvalue weighted by molar-refractivity contribution is -0.115. The van der Waals surface area contributed by atoms with Gasteiger partial charge in [0, 0.05) is 36.5 Å². The van der Waals surface area contributed by atoms with Crippen molar-refractivity contribution in [2.24, 2.45) is 11.8 Å². The Kier molecular flexibility index (Phi) is 6.27. The highest BCUT2D eigenvalue weighted by molar-refractivity contribution is 6.33. The van der Waals surface area contributed by atoms with Gasteiger partial charge in [0.2, 0.25) is 0 Å². The standard InChI is InChI=1S/C27H29BN2O2/c1-16(2)19-4-5-22-20(12-19)13-21(28)14-24(22)27(32)30-15-25-23(10-17(3)11-26(25)31)18-6-8-29-9-7-18/h4-10,13-14,16,19H,11-12,15,28H2,1-3H3,(H,30,32). The number of pyridine rings is 1. The molecule has 0 saturated heterocycles. The molecule has 0 radical (unpaired) electrons. The van der Waals surface area contributed by atoms with Crippen LogP contribution in [0.4, 0.5) is 0 Å². The van der Waals surface area contributed by atoms with Gasteiger partial charge in [0.05, 0.1) is 0 Å². The van der Waals surface area contributed by atoms with E-state index in [0.29, 0.717) is 29.4 Å². The molecule has 5 heteroatoms. The number of carbonyl (C=O) groups is 2. The maximum Gasteiger partial charge on any atom is 0.252 e. The Morgan fingerprint density at radius 3 is 2.72 bits per heavy atom. The normalized spacial score (nSPS) is 17.9. The number of benzene rings is 1. The van der Waals surface area contributed by atoms with Crippen LogP contribution in [-0.2, 0) is 11.2 Å². The molecule has 4 rings (SSSR count). The summed E-state index contributed by atoms with van der Waals surface area (Å²) >= 11 is 0. The van der Waals surface area contributed by atoms with Crippen molar-refractivity contribution in [2.75, 3.05) is 6.54 Å². The number of aromatic nitrogens is 1. The molecule has 1 heterocycles. The van der Waals surface area contributed by atoms with E-state index in [1.807, 2.05) is 39.0 Å². The molecular weight excluding hydrogens is 395 g/mol. The highest BCUT2D eigenvalue weighted by atomic mass is 16.2. The van der Waals surface area contributed by atoms with Crippen molar-refractivity contribution in [1.29, 1.82) is 0 Å². The molecule has 2 aromatic rings. The summed E-state index contributed by atoms with van der Waals surface area (Å²) in [6, 6.07) is 7.92. The molecular formula is C27H29BN2O2. The first kappa shape index (κ1) is 22.0. The minimum absolute atomic E-state index is 0.0584. The topological polar surface area (TPSA) is 59.1 Å². The van der Waals surface area contributed by atoms with E-state index in [4.69, 9.17) is 0 Å². The Balaban J connectivity index is 1.62. The van der Waals surface area contributed by atoms with Crippen LogP contribution in [0.5, 0.6) is 0 Å². The second kappa shape index (κ2) is 9.11. The monoisotopic (exact) mass is 424 g/mol. The molecule has 1 N–H and O–H groups in total. The lowest BCUT2D eigenvalue weighted by atomic mass is 9.79. The molecule has 2 aliphatic carbocycles. The van der Waals surface area contributed by atoms with Crippen molar-refractivity contribution in [3.63, 3.8) is 0 Å². The molecule has 1 unspecified atom stereocenters. The van der Waals surface area contributed by atoms with E-state index >= 15 is 0 Å². The SMILES string of the molecule is Bc1cc2c(c(C(=O)NCC3=C(c4ccncc4)C=C(C)CC3=O)c1)C=CC(C(C)C)C2. The first-order valence-electron chi connectivity index (χ1n) is 11.3. The van der Waals surface area contributed by atoms with Crippen molar-refractivity contribution >= 4 is 36.6 Å². The van der Waals surface area contributed by atoms with Crippen molar-refractivity contribution in [2.45, 2.75) is 33.6 Å². The number of nitrogens with one attached hydrogen (secondary N) is 1. The molecule has 1 aromatic carbocycles. The third-order valence-electron chi connectivity index (χ3n) is 6.39. The molecule has 0 saturated carbocycles. The maximum absolute atomic E-state index is 13.2. The summed E-state index contributed by atoms with van der Waals surface area (Å²) in [6.07, 6.45) is 11.1. The molecule has 0 fully saturated rings. The van der Waals surface area contributed by atoms with E-state index in [-0.39, 0.29) is 18.2 Å². The highest BCUT2D eigenvalue weighted by Crippen LogP contribution is 2.30. The molecule has 0 bridgehead atoms. The second-order valence-corrected chi connectivity index (χ2v) is 9.26. The fraction of sp³-hybridized carbons (Fsp3) is 0.296. The highest BCUT2D eigenvalue weighted by Gasteiger charge is 2.24. The summed E-state index contributed by atoms with van der Waals surface area (Å²) in [5.74, 6) is 0.967. The van der Waals surface area contributed by atoms with Crippen LogP contribution in [0.3, 0.4) is 0 Å². The van der Waals surface area contributed by atoms with E-state index in [1.54, 1.807) is 12.4 Å². The minimum atomic E-state index is -0.141. The van der Waals surface area contributed by atoms with E-state index in [1.165, 1.54) is 5.56 Å². The third kappa shape index (κ3) is 4.52. The summed E-state index contributed by atoms with van der Waals surface area (Å²) < 4.78 is 0. The molecule has 1 atom stereocenters. The van der Waals surface area contributed by atoms with Gasteiger partial charge >= 0.3 is 0 Å². The van der Waals surface area contributed by atoms with Crippen molar-refractivity contribution in [3.8, 4) is 0 Å². The van der Waals surface area contributed by atoms with Gasteiger partial charge in [-0.15, -0.1) is 0 Å². The Morgan fingerprint density at radius 1 is 1.25 bits per heavy atom. The zero-order valence-electron chi connectivity index (χ0n) is 19.2. The van der Waals surface area contributed by atoms with Gasteiger partial charge in [-0.25, -0.2) is 0 Å². The van der Waals surface area contributed by atoms with Crippen molar-refractivity contribution in [1.82, 2.24) is 10.3 Å². The Bertz CT molecular complexity index is 1160.